The van der Waals surface area contributed by atoms with Gasteiger partial charge in [-0.25, -0.2) is 0 Å². The number of carbonyl (C=O) groups is 3. The van der Waals surface area contributed by atoms with Crippen LogP contribution in [0.3, 0.4) is 0 Å². The van der Waals surface area contributed by atoms with Crippen LogP contribution in [0, 0.1) is 16.7 Å². The molecule has 11 N–H and O–H groups in total. The summed E-state index contributed by atoms with van der Waals surface area (Å²) in [6.07, 6.45) is -0.638. The highest BCUT2D eigenvalue weighted by molar-refractivity contribution is 6.25. The van der Waals surface area contributed by atoms with Crippen LogP contribution in [0.4, 0.5) is 11.4 Å². The van der Waals surface area contributed by atoms with Crippen molar-refractivity contribution in [1.82, 2.24) is 4.90 Å². The SMILES string of the molecule is CN(C)c1ccc(-c2cc(N)c(O)c3c2C[C@@]2(N)C[C@@]4(N)C(N(C)C)C(=O)C(C(N)=O)=C(O)[C@@]4(C#N)C(=O)C2=C3O)cc1. The Morgan fingerprint density at radius 3 is 2.19 bits per heavy atom. The van der Waals surface area contributed by atoms with Crippen LogP contribution in [-0.4, -0.2) is 83.0 Å². The van der Waals surface area contributed by atoms with E-state index in [1.54, 1.807) is 6.07 Å². The van der Waals surface area contributed by atoms with Gasteiger partial charge in [0.05, 0.1) is 40.0 Å². The number of aliphatic hydroxyl groups excluding tert-OH is 2. The molecule has 0 radical (unpaired) electrons. The van der Waals surface area contributed by atoms with Crippen molar-refractivity contribution < 1.29 is 29.7 Å². The number of phenols is 1. The molecule has 43 heavy (non-hydrogen) atoms. The van der Waals surface area contributed by atoms with Gasteiger partial charge in [-0.1, -0.05) is 12.1 Å². The van der Waals surface area contributed by atoms with E-state index < -0.39 is 74.8 Å². The van der Waals surface area contributed by atoms with Gasteiger partial charge in [-0.2, -0.15) is 5.26 Å². The summed E-state index contributed by atoms with van der Waals surface area (Å²) in [7, 11) is 6.70. The monoisotopic (exact) mass is 587 g/mol. The number of aromatic hydroxyl groups is 1. The number of rotatable bonds is 4. The van der Waals surface area contributed by atoms with Crippen LogP contribution in [0.25, 0.3) is 16.9 Å². The maximum Gasteiger partial charge on any atom is 0.255 e. The molecule has 1 amide bonds. The molecule has 0 saturated heterocycles. The zero-order valence-electron chi connectivity index (χ0n) is 24.1. The third-order valence-electron chi connectivity index (χ3n) is 8.97. The Hall–Kier alpha value is -4.90. The van der Waals surface area contributed by atoms with Gasteiger partial charge in [-0.05, 0) is 61.8 Å². The van der Waals surface area contributed by atoms with Gasteiger partial charge >= 0.3 is 0 Å². The van der Waals surface area contributed by atoms with Crippen molar-refractivity contribution >= 4 is 34.6 Å². The lowest BCUT2D eigenvalue weighted by atomic mass is 9.47. The maximum atomic E-state index is 14.5. The number of carbonyl (C=O) groups excluding carboxylic acids is 3. The van der Waals surface area contributed by atoms with E-state index in [4.69, 9.17) is 22.9 Å². The Balaban J connectivity index is 1.85. The third-order valence-corrected chi connectivity index (χ3v) is 8.97. The summed E-state index contributed by atoms with van der Waals surface area (Å²) in [6, 6.07) is 9.20. The summed E-state index contributed by atoms with van der Waals surface area (Å²) in [5, 5.41) is 44.6. The quantitative estimate of drug-likeness (QED) is 0.144. The molecule has 5 rings (SSSR count). The predicted octanol–water partition coefficient (Wildman–Crippen LogP) is 0.221. The number of nitrogens with zero attached hydrogens (tertiary/aromatic N) is 3. The highest BCUT2D eigenvalue weighted by Gasteiger charge is 2.74. The van der Waals surface area contributed by atoms with Gasteiger partial charge in [0.15, 0.2) is 17.0 Å². The van der Waals surface area contributed by atoms with Crippen molar-refractivity contribution in [2.24, 2.45) is 22.6 Å². The summed E-state index contributed by atoms with van der Waals surface area (Å²) in [6.45, 7) is 0. The molecule has 13 nitrogen and oxygen atoms in total. The molecule has 1 saturated carbocycles. The lowest BCUT2D eigenvalue weighted by molar-refractivity contribution is -0.139. The third kappa shape index (κ3) is 3.64. The summed E-state index contributed by atoms with van der Waals surface area (Å²) < 4.78 is 0. The van der Waals surface area contributed by atoms with Gasteiger partial charge in [0.25, 0.3) is 5.91 Å². The molecule has 0 aromatic heterocycles. The average molecular weight is 588 g/mol. The Morgan fingerprint density at radius 1 is 1.07 bits per heavy atom. The van der Waals surface area contributed by atoms with Crippen LogP contribution in [0.2, 0.25) is 0 Å². The van der Waals surface area contributed by atoms with E-state index in [1.165, 1.54) is 25.1 Å². The number of ketones is 2. The highest BCUT2D eigenvalue weighted by atomic mass is 16.3. The second-order valence-corrected chi connectivity index (χ2v) is 11.9. The van der Waals surface area contributed by atoms with E-state index in [0.717, 1.165) is 5.69 Å². The van der Waals surface area contributed by atoms with Crippen molar-refractivity contribution in [3.63, 3.8) is 0 Å². The number of hydrogen-bond acceptors (Lipinski definition) is 12. The summed E-state index contributed by atoms with van der Waals surface area (Å²) in [5.41, 5.74) is 19.5. The lowest BCUT2D eigenvalue weighted by Crippen LogP contribution is -2.80. The van der Waals surface area contributed by atoms with Gasteiger partial charge in [0, 0.05) is 19.8 Å². The van der Waals surface area contributed by atoms with Gasteiger partial charge in [0.2, 0.25) is 0 Å². The predicted molar refractivity (Wildman–Crippen MR) is 158 cm³/mol. The molecule has 3 aliphatic carbocycles. The van der Waals surface area contributed by atoms with Crippen molar-refractivity contribution in [2.45, 2.75) is 30.0 Å². The van der Waals surface area contributed by atoms with E-state index in [2.05, 4.69) is 0 Å². The fraction of sp³-hybridized carbons (Fsp3) is 0.333. The summed E-state index contributed by atoms with van der Waals surface area (Å²) in [4.78, 5) is 43.6. The smallest absolute Gasteiger partial charge is 0.255 e. The molecule has 224 valence electrons. The van der Waals surface area contributed by atoms with Crippen molar-refractivity contribution in [2.75, 3.05) is 38.8 Å². The number of fused-ring (bicyclic) bond motifs is 3. The Kier molecular flexibility index (Phi) is 6.40. The second-order valence-electron chi connectivity index (χ2n) is 11.9. The first-order valence-electron chi connectivity index (χ1n) is 13.3. The number of nitrogens with two attached hydrogens (primary N) is 4. The van der Waals surface area contributed by atoms with Crippen LogP contribution in [-0.2, 0) is 20.8 Å². The van der Waals surface area contributed by atoms with Gasteiger partial charge in [-0.15, -0.1) is 0 Å². The van der Waals surface area contributed by atoms with E-state index in [9.17, 15) is 35.0 Å². The molecule has 0 aliphatic heterocycles. The van der Waals surface area contributed by atoms with Crippen LogP contribution in [0.1, 0.15) is 17.5 Å². The standard InChI is InChI=1S/C30H33N7O6/c1-36(2)14-7-5-13(6-8-14)15-9-17(32)21(38)18-16(15)10-28(34)11-30(35)24(37(3)4)23(40)19(27(33)43)25(41)29(30,12-31)26(42)20(28)22(18)39/h5-9,24,38-39,41H,10-11,32,34-35H2,1-4H3,(H2,33,43)/t24?,28-,29+,30-/m1/s1. The van der Waals surface area contributed by atoms with E-state index in [1.807, 2.05) is 43.3 Å². The molecule has 1 fully saturated rings. The number of hydrogen-bond donors (Lipinski definition) is 7. The lowest BCUT2D eigenvalue weighted by Gasteiger charge is -2.58. The number of amides is 1. The van der Waals surface area contributed by atoms with Crippen molar-refractivity contribution in [3.8, 4) is 22.9 Å². The number of nitriles is 1. The Labute approximate surface area is 247 Å². The largest absolute Gasteiger partial charge is 0.509 e. The molecule has 3 aliphatic rings. The minimum Gasteiger partial charge on any atom is -0.509 e. The Bertz CT molecular complexity index is 1740. The average Bonchev–Trinajstić information content (AvgIpc) is 2.89. The van der Waals surface area contributed by atoms with Crippen molar-refractivity contribution in [3.05, 3.63) is 58.4 Å². The number of phenolic OH excluding ortho intramolecular Hbond substituents is 1. The van der Waals surface area contributed by atoms with Crippen LogP contribution < -0.4 is 27.8 Å². The normalized spacial score (nSPS) is 28.3. The molecular formula is C30H33N7O6. The number of aliphatic hydroxyl groups is 2. The van der Waals surface area contributed by atoms with Crippen LogP contribution in [0.15, 0.2) is 47.2 Å². The van der Waals surface area contributed by atoms with Gasteiger partial charge in [-0.3, -0.25) is 19.3 Å². The van der Waals surface area contributed by atoms with E-state index >= 15 is 0 Å². The van der Waals surface area contributed by atoms with E-state index in [-0.39, 0.29) is 17.7 Å². The first-order chi connectivity index (χ1) is 20.0. The molecule has 0 bridgehead atoms. The van der Waals surface area contributed by atoms with Crippen LogP contribution in [0.5, 0.6) is 5.75 Å². The number of nitrogen functional groups attached to an aromatic ring is 1. The number of primary amides is 1. The fourth-order valence-electron chi connectivity index (χ4n) is 7.12. The first-order valence-corrected chi connectivity index (χ1v) is 13.3. The van der Waals surface area contributed by atoms with Gasteiger partial charge in [0.1, 0.15) is 22.8 Å². The van der Waals surface area contributed by atoms with Gasteiger partial charge < -0.3 is 43.2 Å². The first kappa shape index (κ1) is 29.6. The topological polar surface area (TPSA) is 246 Å². The molecule has 1 unspecified atom stereocenters. The fourth-order valence-corrected chi connectivity index (χ4v) is 7.12. The maximum absolute atomic E-state index is 14.5. The molecule has 13 heteroatoms. The minimum atomic E-state index is -2.73. The molecule has 4 atom stereocenters. The number of Topliss-reactive ketones (excluding diaryl/α,β-unsaturated/α-hetero) is 2. The Morgan fingerprint density at radius 2 is 1.67 bits per heavy atom. The van der Waals surface area contributed by atoms with Crippen molar-refractivity contribution in [1.29, 1.82) is 5.26 Å². The van der Waals surface area contributed by atoms with Crippen LogP contribution >= 0.6 is 0 Å². The molecule has 2 aromatic rings. The second kappa shape index (κ2) is 9.30. The number of anilines is 2. The summed E-state index contributed by atoms with van der Waals surface area (Å²) >= 11 is 0. The minimum absolute atomic E-state index is 0.0942. The number of likely N-dealkylation sites (N-methyl/N-ethyl adjacent to an activating group) is 1. The summed E-state index contributed by atoms with van der Waals surface area (Å²) in [5.74, 6) is -6.02. The zero-order chi connectivity index (χ0) is 32.0. The number of benzene rings is 2. The zero-order valence-corrected chi connectivity index (χ0v) is 24.1. The molecule has 2 aromatic carbocycles. The highest BCUT2D eigenvalue weighted by Crippen LogP contribution is 2.59. The van der Waals surface area contributed by atoms with E-state index in [0.29, 0.717) is 16.7 Å². The molecule has 0 heterocycles. The molecule has 0 spiro atoms. The molecular weight excluding hydrogens is 554 g/mol.